The van der Waals surface area contributed by atoms with E-state index in [2.05, 4.69) is 132 Å². The SMILES string of the molecule is CC(C)(C)c1cc2c(O)c(c1)Cc1cc(C(C)(C)C)cc(c1OCCCOc1ccc(/C=N/N3C(=O)c4ccccc4C34c3ccc(O)cc3Oc3cc(O)ccc34)cc1)Cc1cc(C(C)(C)C)cc(c1O)Cc1cc(C(C)(C)C)cc(c1OCCCOc1ccc(/C=N/N3C(=O)c4ccccc4C34c3ccc(O)cc3Oc3cc(O)ccc34)cc1)C2. The molecule has 4 aliphatic heterocycles. The average Bonchev–Trinajstić information content (AvgIpc) is 1.51. The second-order valence-electron chi connectivity index (χ2n) is 36.6. The summed E-state index contributed by atoms with van der Waals surface area (Å²) in [4.78, 5) is 29.3. The maximum absolute atomic E-state index is 14.6. The molecule has 2 spiro atoms. The summed E-state index contributed by atoms with van der Waals surface area (Å²) >= 11 is 0. The molecule has 0 unspecified atom stereocenters. The van der Waals surface area contributed by atoms with Crippen molar-refractivity contribution in [3.8, 4) is 80.5 Å². The molecule has 17 rings (SSSR count). The standard InChI is InChI=1S/C104H100N4O14/c1-99(2,3)71-47-63-43-67-51-73(101(7,8)9)53-69(95(67)119-41-17-39-117-79-31-23-61(24-32-79)59-105-107-97(115)81-19-13-15-21-83(81)103(107)85-35-27-75(109)55-89(85)121-90-56-76(110)28-36-86(90)103)45-65-49-72(100(4,5)6)50-66(94(65)114)46-70-54-74(102(10,11)12)52-68(44-64(48-71)93(63)113)96(70)120-42-18-40-118-80-33-25-62(26-34-80)60-106-108-98(116)82-20-14-16-22-84(82)104(108)87-37-29-77(111)57-91(87)122-92-58-78(112)30-38-88(92)104/h13-16,19-38,47-60,109-114H,17-18,39-46H2,1-12H3/b105-59+,106-60+. The first-order valence-electron chi connectivity index (χ1n) is 41.6. The molecule has 5 aliphatic rings. The number of carbonyl (C=O) groups excluding carboxylic acids is 2. The van der Waals surface area contributed by atoms with Crippen LogP contribution in [0.5, 0.6) is 80.5 Å². The van der Waals surface area contributed by atoms with Crippen LogP contribution in [0.15, 0.2) is 229 Å². The van der Waals surface area contributed by atoms with Crippen molar-refractivity contribution in [2.24, 2.45) is 10.2 Å². The van der Waals surface area contributed by atoms with Crippen LogP contribution in [0.4, 0.5) is 0 Å². The molecule has 8 bridgehead atoms. The topological polar surface area (TPSA) is 242 Å². The first-order chi connectivity index (χ1) is 58.2. The number of hydrogen-bond donors (Lipinski definition) is 6. The van der Waals surface area contributed by atoms with Gasteiger partial charge in [-0.25, -0.2) is 10.0 Å². The van der Waals surface area contributed by atoms with Gasteiger partial charge in [-0.2, -0.15) is 10.2 Å². The summed E-state index contributed by atoms with van der Waals surface area (Å²) in [5.41, 5.74) is 13.1. The summed E-state index contributed by atoms with van der Waals surface area (Å²) in [5.74, 6) is 3.53. The normalized spacial score (nSPS) is 14.9. The lowest BCUT2D eigenvalue weighted by molar-refractivity contribution is 0.0667. The minimum atomic E-state index is -1.30. The van der Waals surface area contributed by atoms with E-state index in [-0.39, 0.29) is 81.2 Å². The fourth-order valence-electron chi connectivity index (χ4n) is 17.6. The minimum Gasteiger partial charge on any atom is -0.508 e. The number of rotatable bonds is 16. The van der Waals surface area contributed by atoms with Gasteiger partial charge < -0.3 is 59.1 Å². The van der Waals surface area contributed by atoms with Gasteiger partial charge in [-0.05, 0) is 209 Å². The maximum Gasteiger partial charge on any atom is 0.275 e. The van der Waals surface area contributed by atoms with Gasteiger partial charge in [0.15, 0.2) is 0 Å². The smallest absolute Gasteiger partial charge is 0.275 e. The molecule has 0 fully saturated rings. The highest BCUT2D eigenvalue weighted by Crippen LogP contribution is 2.61. The van der Waals surface area contributed by atoms with Crippen molar-refractivity contribution in [1.29, 1.82) is 0 Å². The molecule has 18 nitrogen and oxygen atoms in total. The van der Waals surface area contributed by atoms with Gasteiger partial charge in [-0.1, -0.05) is 168 Å². The van der Waals surface area contributed by atoms with E-state index in [1.54, 1.807) is 73.1 Å². The summed E-state index contributed by atoms with van der Waals surface area (Å²) in [6, 6.07) is 66.4. The van der Waals surface area contributed by atoms with Gasteiger partial charge >= 0.3 is 0 Å². The molecule has 0 atom stereocenters. The predicted octanol–water partition coefficient (Wildman–Crippen LogP) is 21.3. The molecule has 1 aliphatic carbocycles. The number of aromatic hydroxyl groups is 6. The zero-order chi connectivity index (χ0) is 85.7. The van der Waals surface area contributed by atoms with Crippen molar-refractivity contribution < 1.29 is 68.6 Å². The van der Waals surface area contributed by atoms with E-state index in [4.69, 9.17) is 38.6 Å². The lowest BCUT2D eigenvalue weighted by atomic mass is 9.75. The quantitative estimate of drug-likeness (QED) is 0.0390. The Morgan fingerprint density at radius 2 is 0.607 bits per heavy atom. The van der Waals surface area contributed by atoms with E-state index < -0.39 is 11.1 Å². The van der Waals surface area contributed by atoms with Gasteiger partial charge in [0.2, 0.25) is 0 Å². The number of hydrogen-bond acceptors (Lipinski definition) is 16. The number of benzene rings is 12. The number of hydrazone groups is 2. The third-order valence-corrected chi connectivity index (χ3v) is 24.0. The van der Waals surface area contributed by atoms with Crippen LogP contribution in [-0.2, 0) is 58.4 Å². The average molecular weight is 1630 g/mol. The Labute approximate surface area is 711 Å². The van der Waals surface area contributed by atoms with Crippen LogP contribution in [0.1, 0.15) is 228 Å². The Hall–Kier alpha value is -13.5. The van der Waals surface area contributed by atoms with Gasteiger partial charge in [0.1, 0.15) is 91.6 Å². The van der Waals surface area contributed by atoms with Crippen LogP contribution in [0.3, 0.4) is 0 Å². The second-order valence-corrected chi connectivity index (χ2v) is 36.6. The number of nitrogens with zero attached hydrogens (tertiary/aromatic N) is 4. The monoisotopic (exact) mass is 1630 g/mol. The van der Waals surface area contributed by atoms with Crippen molar-refractivity contribution in [2.75, 3.05) is 26.4 Å². The third kappa shape index (κ3) is 14.9. The molecule has 122 heavy (non-hydrogen) atoms. The van der Waals surface area contributed by atoms with Crippen molar-refractivity contribution in [2.45, 2.75) is 154 Å². The minimum absolute atomic E-state index is 0.0213. The highest BCUT2D eigenvalue weighted by atomic mass is 16.5. The molecule has 2 amide bonds. The first-order valence-corrected chi connectivity index (χ1v) is 41.6. The highest BCUT2D eigenvalue weighted by molar-refractivity contribution is 6.04. The van der Waals surface area contributed by atoms with Crippen LogP contribution >= 0.6 is 0 Å². The number of amides is 2. The number of phenolic OH excluding ortho intramolecular Hbond substituents is 6. The fourth-order valence-corrected chi connectivity index (χ4v) is 17.6. The Morgan fingerprint density at radius 1 is 0.336 bits per heavy atom. The highest BCUT2D eigenvalue weighted by Gasteiger charge is 2.59. The number of fused-ring (bicyclic) bond motifs is 20. The lowest BCUT2D eigenvalue weighted by Gasteiger charge is -2.41. The molecule has 12 aromatic carbocycles. The third-order valence-electron chi connectivity index (χ3n) is 24.0. The Bertz CT molecular complexity index is 5660. The van der Waals surface area contributed by atoms with E-state index >= 15 is 0 Å². The summed E-state index contributed by atoms with van der Waals surface area (Å²) in [5, 5.41) is 81.6. The Balaban J connectivity index is 0.636. The van der Waals surface area contributed by atoms with Crippen LogP contribution < -0.4 is 28.4 Å². The number of carbonyl (C=O) groups is 2. The lowest BCUT2D eigenvalue weighted by Crippen LogP contribution is -2.44. The molecular formula is C104H100N4O14. The van der Waals surface area contributed by atoms with Crippen molar-refractivity contribution in [1.82, 2.24) is 10.0 Å². The van der Waals surface area contributed by atoms with Crippen LogP contribution in [0.25, 0.3) is 0 Å². The van der Waals surface area contributed by atoms with Crippen molar-refractivity contribution in [3.63, 3.8) is 0 Å². The van der Waals surface area contributed by atoms with Crippen LogP contribution in [0.2, 0.25) is 0 Å². The van der Waals surface area contributed by atoms with E-state index in [0.717, 1.165) is 66.8 Å². The molecule has 4 heterocycles. The van der Waals surface area contributed by atoms with Crippen LogP contribution in [-0.4, -0.2) is 91.3 Å². The van der Waals surface area contributed by atoms with Crippen molar-refractivity contribution in [3.05, 3.63) is 341 Å². The summed E-state index contributed by atoms with van der Waals surface area (Å²) in [6.07, 6.45) is 5.59. The largest absolute Gasteiger partial charge is 0.508 e. The van der Waals surface area contributed by atoms with Gasteiger partial charge in [0, 0.05) is 107 Å². The molecule has 12 aromatic rings. The van der Waals surface area contributed by atoms with E-state index in [0.29, 0.717) is 153 Å². The fraction of sp³-hybridized carbons (Fsp3) is 0.269. The van der Waals surface area contributed by atoms with Gasteiger partial charge in [-0.3, -0.25) is 9.59 Å². The molecule has 18 heteroatoms. The molecule has 0 saturated carbocycles. The summed E-state index contributed by atoms with van der Waals surface area (Å²) < 4.78 is 39.8. The maximum atomic E-state index is 14.6. The van der Waals surface area contributed by atoms with Gasteiger partial charge in [0.05, 0.1) is 38.9 Å². The zero-order valence-electron chi connectivity index (χ0n) is 70.7. The van der Waals surface area contributed by atoms with E-state index in [9.17, 15) is 40.2 Å². The predicted molar refractivity (Wildman–Crippen MR) is 472 cm³/mol. The summed E-state index contributed by atoms with van der Waals surface area (Å²) in [7, 11) is 0. The number of phenols is 6. The number of ether oxygens (including phenoxy) is 6. The zero-order valence-corrected chi connectivity index (χ0v) is 70.7. The van der Waals surface area contributed by atoms with Crippen LogP contribution in [0, 0.1) is 0 Å². The Kier molecular flexibility index (Phi) is 20.5. The van der Waals surface area contributed by atoms with E-state index in [1.165, 1.54) is 34.3 Å². The van der Waals surface area contributed by atoms with Gasteiger partial charge in [-0.15, -0.1) is 0 Å². The molecule has 0 radical (unpaired) electrons. The molecule has 620 valence electrons. The molecular weight excluding hydrogens is 1530 g/mol. The Morgan fingerprint density at radius 3 is 0.893 bits per heavy atom. The first kappa shape index (κ1) is 80.9. The molecule has 0 aromatic heterocycles. The van der Waals surface area contributed by atoms with Gasteiger partial charge in [0.25, 0.3) is 11.8 Å². The molecule has 6 N–H and O–H groups in total. The summed E-state index contributed by atoms with van der Waals surface area (Å²) in [6.45, 7) is 27.6. The van der Waals surface area contributed by atoms with E-state index in [1.807, 2.05) is 84.9 Å². The van der Waals surface area contributed by atoms with Crippen molar-refractivity contribution >= 4 is 24.2 Å². The molecule has 0 saturated heterocycles. The second kappa shape index (κ2) is 31.0.